The Morgan fingerprint density at radius 3 is 2.38 bits per heavy atom. The Bertz CT molecular complexity index is 179. The Kier molecular flexibility index (Phi) is 6.32. The van der Waals surface area contributed by atoms with Crippen molar-refractivity contribution in [1.29, 1.82) is 0 Å². The normalized spacial score (nSPS) is 19.9. The first-order valence-electron chi connectivity index (χ1n) is 6.54. The first-order valence-corrected chi connectivity index (χ1v) is 6.54. The van der Waals surface area contributed by atoms with E-state index in [2.05, 4.69) is 18.7 Å². The third-order valence-corrected chi connectivity index (χ3v) is 3.25. The van der Waals surface area contributed by atoms with Crippen molar-refractivity contribution in [2.75, 3.05) is 26.8 Å². The Morgan fingerprint density at radius 2 is 1.88 bits per heavy atom. The quantitative estimate of drug-likeness (QED) is 0.723. The molecule has 0 aromatic heterocycles. The highest BCUT2D eigenvalue weighted by Crippen LogP contribution is 2.24. The fourth-order valence-corrected chi connectivity index (χ4v) is 2.63. The third kappa shape index (κ3) is 4.81. The van der Waals surface area contributed by atoms with E-state index in [4.69, 9.17) is 4.74 Å². The van der Waals surface area contributed by atoms with Gasteiger partial charge in [-0.15, -0.1) is 0 Å². The van der Waals surface area contributed by atoms with Crippen LogP contribution in [0.15, 0.2) is 0 Å². The highest BCUT2D eigenvalue weighted by molar-refractivity contribution is 4.79. The van der Waals surface area contributed by atoms with Crippen LogP contribution < -0.4 is 0 Å². The lowest BCUT2D eigenvalue weighted by molar-refractivity contribution is 0.0236. The molecule has 1 aliphatic rings. The molecule has 1 N–H and O–H groups in total. The molecule has 0 radical (unpaired) electrons. The van der Waals surface area contributed by atoms with Gasteiger partial charge in [-0.2, -0.15) is 0 Å². The molecule has 0 aliphatic heterocycles. The van der Waals surface area contributed by atoms with Crippen molar-refractivity contribution >= 4 is 0 Å². The Balaban J connectivity index is 2.42. The molecule has 0 aromatic carbocycles. The molecule has 16 heavy (non-hydrogen) atoms. The first kappa shape index (κ1) is 13.9. The number of hydrogen-bond acceptors (Lipinski definition) is 3. The van der Waals surface area contributed by atoms with Gasteiger partial charge < -0.3 is 9.84 Å². The van der Waals surface area contributed by atoms with E-state index in [-0.39, 0.29) is 6.10 Å². The first-order chi connectivity index (χ1) is 7.63. The average Bonchev–Trinajstić information content (AvgIpc) is 2.68. The summed E-state index contributed by atoms with van der Waals surface area (Å²) in [6.45, 7) is 6.78. The van der Waals surface area contributed by atoms with E-state index < -0.39 is 0 Å². The van der Waals surface area contributed by atoms with Crippen LogP contribution in [0.4, 0.5) is 0 Å². The van der Waals surface area contributed by atoms with Crippen LogP contribution in [-0.4, -0.2) is 49.0 Å². The Hall–Kier alpha value is -0.120. The predicted octanol–water partition coefficient (Wildman–Crippen LogP) is 1.89. The zero-order valence-electron chi connectivity index (χ0n) is 11.0. The summed E-state index contributed by atoms with van der Waals surface area (Å²) in [4.78, 5) is 2.46. The standard InChI is InChI=1S/C13H27NO2/c1-11(2)8-14(9-13(15)10-16-3)12-6-4-5-7-12/h11-13,15H,4-10H2,1-3H3. The maximum Gasteiger partial charge on any atom is 0.0900 e. The molecular weight excluding hydrogens is 202 g/mol. The number of rotatable bonds is 7. The van der Waals surface area contributed by atoms with Crippen molar-refractivity contribution in [2.24, 2.45) is 5.92 Å². The molecule has 1 unspecified atom stereocenters. The number of nitrogens with zero attached hydrogens (tertiary/aromatic N) is 1. The molecule has 1 aliphatic carbocycles. The summed E-state index contributed by atoms with van der Waals surface area (Å²) in [5.74, 6) is 0.662. The molecule has 1 rings (SSSR count). The van der Waals surface area contributed by atoms with Crippen LogP contribution in [0.25, 0.3) is 0 Å². The van der Waals surface area contributed by atoms with Crippen LogP contribution in [0.3, 0.4) is 0 Å². The molecule has 1 atom stereocenters. The second kappa shape index (κ2) is 7.25. The van der Waals surface area contributed by atoms with Gasteiger partial charge in [0.1, 0.15) is 0 Å². The van der Waals surface area contributed by atoms with Gasteiger partial charge in [-0.1, -0.05) is 26.7 Å². The molecule has 0 aromatic rings. The molecule has 96 valence electrons. The van der Waals surface area contributed by atoms with Crippen LogP contribution in [0.5, 0.6) is 0 Å². The topological polar surface area (TPSA) is 32.7 Å². The molecule has 3 heteroatoms. The highest BCUT2D eigenvalue weighted by Gasteiger charge is 2.24. The van der Waals surface area contributed by atoms with Crippen molar-refractivity contribution in [2.45, 2.75) is 51.7 Å². The molecule has 1 fully saturated rings. The SMILES string of the molecule is COCC(O)CN(CC(C)C)C1CCCC1. The Morgan fingerprint density at radius 1 is 1.25 bits per heavy atom. The van der Waals surface area contributed by atoms with E-state index in [0.717, 1.165) is 13.1 Å². The largest absolute Gasteiger partial charge is 0.389 e. The summed E-state index contributed by atoms with van der Waals surface area (Å²) in [5, 5.41) is 9.83. The summed E-state index contributed by atoms with van der Waals surface area (Å²) < 4.78 is 5.00. The lowest BCUT2D eigenvalue weighted by Crippen LogP contribution is -2.42. The molecule has 3 nitrogen and oxygen atoms in total. The number of aliphatic hydroxyl groups is 1. The molecule has 0 saturated heterocycles. The Labute approximate surface area is 99.8 Å². The predicted molar refractivity (Wildman–Crippen MR) is 66.5 cm³/mol. The van der Waals surface area contributed by atoms with E-state index in [1.54, 1.807) is 7.11 Å². The van der Waals surface area contributed by atoms with E-state index in [9.17, 15) is 5.11 Å². The minimum atomic E-state index is -0.343. The third-order valence-electron chi connectivity index (χ3n) is 3.25. The maximum absolute atomic E-state index is 9.83. The van der Waals surface area contributed by atoms with Crippen LogP contribution >= 0.6 is 0 Å². The van der Waals surface area contributed by atoms with E-state index >= 15 is 0 Å². The van der Waals surface area contributed by atoms with Gasteiger partial charge in [0.05, 0.1) is 12.7 Å². The number of hydrogen-bond donors (Lipinski definition) is 1. The van der Waals surface area contributed by atoms with Crippen molar-refractivity contribution in [3.8, 4) is 0 Å². The van der Waals surface area contributed by atoms with Crippen molar-refractivity contribution < 1.29 is 9.84 Å². The number of methoxy groups -OCH3 is 1. The average molecular weight is 229 g/mol. The highest BCUT2D eigenvalue weighted by atomic mass is 16.5. The minimum absolute atomic E-state index is 0.343. The summed E-state index contributed by atoms with van der Waals surface area (Å²) in [5.41, 5.74) is 0. The lowest BCUT2D eigenvalue weighted by Gasteiger charge is -2.32. The van der Waals surface area contributed by atoms with Gasteiger partial charge >= 0.3 is 0 Å². The van der Waals surface area contributed by atoms with E-state index in [0.29, 0.717) is 18.6 Å². The van der Waals surface area contributed by atoms with E-state index in [1.165, 1.54) is 25.7 Å². The van der Waals surface area contributed by atoms with Crippen molar-refractivity contribution in [3.63, 3.8) is 0 Å². The van der Waals surface area contributed by atoms with Gasteiger partial charge in [-0.3, -0.25) is 4.90 Å². The summed E-state index contributed by atoms with van der Waals surface area (Å²) in [7, 11) is 1.64. The van der Waals surface area contributed by atoms with Crippen molar-refractivity contribution in [3.05, 3.63) is 0 Å². The van der Waals surface area contributed by atoms with Gasteiger partial charge in [-0.25, -0.2) is 0 Å². The fraction of sp³-hybridized carbons (Fsp3) is 1.00. The van der Waals surface area contributed by atoms with Crippen LogP contribution in [0.2, 0.25) is 0 Å². The smallest absolute Gasteiger partial charge is 0.0900 e. The summed E-state index contributed by atoms with van der Waals surface area (Å²) in [6.07, 6.45) is 4.95. The van der Waals surface area contributed by atoms with Gasteiger partial charge in [0.2, 0.25) is 0 Å². The van der Waals surface area contributed by atoms with Crippen molar-refractivity contribution in [1.82, 2.24) is 4.90 Å². The molecule has 0 heterocycles. The van der Waals surface area contributed by atoms with Crippen LogP contribution in [0.1, 0.15) is 39.5 Å². The molecular formula is C13H27NO2. The molecule has 0 amide bonds. The second-order valence-corrected chi connectivity index (χ2v) is 5.40. The van der Waals surface area contributed by atoms with Gasteiger partial charge in [-0.05, 0) is 18.8 Å². The monoisotopic (exact) mass is 229 g/mol. The van der Waals surface area contributed by atoms with E-state index in [1.807, 2.05) is 0 Å². The molecule has 0 spiro atoms. The minimum Gasteiger partial charge on any atom is -0.389 e. The molecule has 1 saturated carbocycles. The maximum atomic E-state index is 9.83. The zero-order valence-corrected chi connectivity index (χ0v) is 11.0. The zero-order chi connectivity index (χ0) is 12.0. The van der Waals surface area contributed by atoms with Gasteiger partial charge in [0, 0.05) is 26.2 Å². The molecule has 0 bridgehead atoms. The lowest BCUT2D eigenvalue weighted by atomic mass is 10.1. The summed E-state index contributed by atoms with van der Waals surface area (Å²) in [6, 6.07) is 0.689. The van der Waals surface area contributed by atoms with Gasteiger partial charge in [0.25, 0.3) is 0 Å². The van der Waals surface area contributed by atoms with Gasteiger partial charge in [0.15, 0.2) is 0 Å². The van der Waals surface area contributed by atoms with Crippen LogP contribution in [0, 0.1) is 5.92 Å². The van der Waals surface area contributed by atoms with Crippen LogP contribution in [-0.2, 0) is 4.74 Å². The number of ether oxygens (including phenoxy) is 1. The summed E-state index contributed by atoms with van der Waals surface area (Å²) >= 11 is 0. The second-order valence-electron chi connectivity index (χ2n) is 5.40. The fourth-order valence-electron chi connectivity index (χ4n) is 2.63. The number of aliphatic hydroxyl groups excluding tert-OH is 1.